The van der Waals surface area contributed by atoms with Gasteiger partial charge in [0.1, 0.15) is 0 Å². The summed E-state index contributed by atoms with van der Waals surface area (Å²) >= 11 is 5.78. The normalized spacial score (nSPS) is 11.8. The van der Waals surface area contributed by atoms with E-state index < -0.39 is 23.5 Å². The van der Waals surface area contributed by atoms with Crippen LogP contribution < -0.4 is 5.56 Å². The van der Waals surface area contributed by atoms with Crippen molar-refractivity contribution in [2.45, 2.75) is 12.5 Å². The SMILES string of the molecule is O=NN(C(=O)c1ccc(Cl)cc1)C(Cc1cc(=O)[nH]c2ccccc12)C(=O)O. The molecule has 1 heterocycles. The van der Waals surface area contributed by atoms with Crippen molar-refractivity contribution >= 4 is 34.4 Å². The van der Waals surface area contributed by atoms with Gasteiger partial charge in [0.15, 0.2) is 6.04 Å². The van der Waals surface area contributed by atoms with Gasteiger partial charge in [-0.2, -0.15) is 5.01 Å². The second-order valence-corrected chi connectivity index (χ2v) is 6.44. The monoisotopic (exact) mass is 399 g/mol. The molecule has 0 saturated carbocycles. The molecule has 1 unspecified atom stereocenters. The van der Waals surface area contributed by atoms with Gasteiger partial charge >= 0.3 is 5.97 Å². The van der Waals surface area contributed by atoms with Gasteiger partial charge in [0.2, 0.25) is 5.56 Å². The number of aliphatic carboxylic acids is 1. The summed E-state index contributed by atoms with van der Waals surface area (Å²) in [5, 5.41) is 13.6. The van der Waals surface area contributed by atoms with Crippen LogP contribution in [0.15, 0.2) is 64.7 Å². The average Bonchev–Trinajstić information content (AvgIpc) is 2.67. The average molecular weight is 400 g/mol. The highest BCUT2D eigenvalue weighted by Crippen LogP contribution is 2.20. The van der Waals surface area contributed by atoms with Crippen molar-refractivity contribution in [1.82, 2.24) is 9.99 Å². The Labute approximate surface area is 163 Å². The van der Waals surface area contributed by atoms with E-state index in [9.17, 15) is 24.4 Å². The first kappa shape index (κ1) is 19.2. The fourth-order valence-electron chi connectivity index (χ4n) is 2.89. The Bertz CT molecular complexity index is 1110. The van der Waals surface area contributed by atoms with Gasteiger partial charge in [-0.1, -0.05) is 29.8 Å². The fraction of sp³-hybridized carbons (Fsp3) is 0.105. The molecule has 1 aromatic heterocycles. The molecule has 0 aliphatic rings. The van der Waals surface area contributed by atoms with Crippen LogP contribution in [-0.2, 0) is 11.2 Å². The number of carboxylic acids is 1. The number of pyridine rings is 1. The molecule has 2 aromatic carbocycles. The molecule has 142 valence electrons. The van der Waals surface area contributed by atoms with Crippen LogP contribution in [0.3, 0.4) is 0 Å². The van der Waals surface area contributed by atoms with Gasteiger partial charge in [-0.05, 0) is 35.9 Å². The summed E-state index contributed by atoms with van der Waals surface area (Å²) in [6, 6.07) is 12.1. The molecule has 8 nitrogen and oxygen atoms in total. The number of nitrogens with one attached hydrogen (secondary N) is 1. The number of aromatic amines is 1. The number of fused-ring (bicyclic) bond motifs is 1. The Balaban J connectivity index is 2.00. The molecule has 0 aliphatic carbocycles. The van der Waals surface area contributed by atoms with Gasteiger partial charge in [-0.15, -0.1) is 4.91 Å². The number of carbonyl (C=O) groups is 2. The Hall–Kier alpha value is -3.52. The van der Waals surface area contributed by atoms with Crippen LogP contribution in [0.1, 0.15) is 15.9 Å². The molecule has 0 aliphatic heterocycles. The van der Waals surface area contributed by atoms with E-state index >= 15 is 0 Å². The van der Waals surface area contributed by atoms with E-state index in [4.69, 9.17) is 11.6 Å². The fourth-order valence-corrected chi connectivity index (χ4v) is 3.02. The predicted octanol–water partition coefficient (Wildman–Crippen LogP) is 3.00. The van der Waals surface area contributed by atoms with E-state index in [-0.39, 0.29) is 12.0 Å². The summed E-state index contributed by atoms with van der Waals surface area (Å²) in [5.41, 5.74) is 0.534. The van der Waals surface area contributed by atoms with Crippen LogP contribution in [0.25, 0.3) is 10.9 Å². The molecule has 9 heteroatoms. The number of para-hydroxylation sites is 1. The van der Waals surface area contributed by atoms with E-state index in [0.29, 0.717) is 26.5 Å². The molecular weight excluding hydrogens is 386 g/mol. The third-order valence-electron chi connectivity index (χ3n) is 4.22. The Morgan fingerprint density at radius 2 is 1.82 bits per heavy atom. The molecule has 0 radical (unpaired) electrons. The van der Waals surface area contributed by atoms with E-state index in [1.54, 1.807) is 24.3 Å². The lowest BCUT2D eigenvalue weighted by Crippen LogP contribution is -2.43. The lowest BCUT2D eigenvalue weighted by atomic mass is 10.0. The lowest BCUT2D eigenvalue weighted by molar-refractivity contribution is -0.142. The number of aromatic nitrogens is 1. The highest BCUT2D eigenvalue weighted by atomic mass is 35.5. The van der Waals surface area contributed by atoms with Gasteiger partial charge in [0, 0.05) is 34.0 Å². The molecular formula is C19H14ClN3O5. The van der Waals surface area contributed by atoms with Crippen molar-refractivity contribution in [2.24, 2.45) is 5.29 Å². The molecule has 28 heavy (non-hydrogen) atoms. The molecule has 3 aromatic rings. The minimum absolute atomic E-state index is 0.0611. The highest BCUT2D eigenvalue weighted by Gasteiger charge is 2.32. The number of hydrogen-bond acceptors (Lipinski definition) is 5. The molecule has 0 fully saturated rings. The number of H-pyrrole nitrogens is 1. The second-order valence-electron chi connectivity index (χ2n) is 6.00. The number of halogens is 1. The maximum atomic E-state index is 12.6. The van der Waals surface area contributed by atoms with Crippen LogP contribution in [0, 0.1) is 4.91 Å². The first-order chi connectivity index (χ1) is 13.4. The Kier molecular flexibility index (Phi) is 5.51. The van der Waals surface area contributed by atoms with Crippen molar-refractivity contribution in [2.75, 3.05) is 0 Å². The third-order valence-corrected chi connectivity index (χ3v) is 4.47. The summed E-state index contributed by atoms with van der Waals surface area (Å²) in [6.45, 7) is 0. The lowest BCUT2D eigenvalue weighted by Gasteiger charge is -2.22. The van der Waals surface area contributed by atoms with Crippen LogP contribution >= 0.6 is 11.6 Å². The summed E-state index contributed by atoms with van der Waals surface area (Å²) in [6.07, 6.45) is -0.273. The van der Waals surface area contributed by atoms with E-state index in [1.165, 1.54) is 30.3 Å². The number of carbonyl (C=O) groups excluding carboxylic acids is 1. The van der Waals surface area contributed by atoms with Crippen molar-refractivity contribution in [1.29, 1.82) is 0 Å². The zero-order valence-corrected chi connectivity index (χ0v) is 15.1. The van der Waals surface area contributed by atoms with Crippen LogP contribution in [0.5, 0.6) is 0 Å². The van der Waals surface area contributed by atoms with Gasteiger partial charge in [0.05, 0.1) is 5.29 Å². The van der Waals surface area contributed by atoms with Crippen molar-refractivity contribution in [3.63, 3.8) is 0 Å². The van der Waals surface area contributed by atoms with Crippen molar-refractivity contribution < 1.29 is 14.7 Å². The van der Waals surface area contributed by atoms with Gasteiger partial charge in [-0.3, -0.25) is 9.59 Å². The molecule has 2 N–H and O–H groups in total. The number of hydrogen-bond donors (Lipinski definition) is 2. The summed E-state index contributed by atoms with van der Waals surface area (Å²) < 4.78 is 0. The van der Waals surface area contributed by atoms with Crippen molar-refractivity contribution in [3.8, 4) is 0 Å². The third kappa shape index (κ3) is 3.91. The van der Waals surface area contributed by atoms with Gasteiger partial charge in [0.25, 0.3) is 5.91 Å². The largest absolute Gasteiger partial charge is 0.480 e. The maximum Gasteiger partial charge on any atom is 0.329 e. The van der Waals surface area contributed by atoms with E-state index in [0.717, 1.165) is 0 Å². The highest BCUT2D eigenvalue weighted by molar-refractivity contribution is 6.30. The first-order valence-electron chi connectivity index (χ1n) is 8.17. The zero-order chi connectivity index (χ0) is 20.3. The van der Waals surface area contributed by atoms with E-state index in [1.807, 2.05) is 0 Å². The number of amides is 1. The van der Waals surface area contributed by atoms with Gasteiger partial charge in [-0.25, -0.2) is 4.79 Å². The molecule has 0 spiro atoms. The second kappa shape index (κ2) is 8.01. The van der Waals surface area contributed by atoms with Crippen LogP contribution in [-0.4, -0.2) is 33.0 Å². The Morgan fingerprint density at radius 1 is 1.14 bits per heavy atom. The quantitative estimate of drug-likeness (QED) is 0.487. The first-order valence-corrected chi connectivity index (χ1v) is 8.54. The predicted molar refractivity (Wildman–Crippen MR) is 103 cm³/mol. The summed E-state index contributed by atoms with van der Waals surface area (Å²) in [5.74, 6) is -2.31. The van der Waals surface area contributed by atoms with Crippen molar-refractivity contribution in [3.05, 3.63) is 86.0 Å². The number of carboxylic acid groups (broad SMARTS) is 1. The number of benzene rings is 2. The minimum Gasteiger partial charge on any atom is -0.480 e. The molecule has 0 saturated heterocycles. The zero-order valence-electron chi connectivity index (χ0n) is 14.3. The standard InChI is InChI=1S/C19H14ClN3O5/c20-13-7-5-11(6-8-13)18(25)23(22-28)16(19(26)27)9-12-10-17(24)21-15-4-2-1-3-14(12)15/h1-8,10,16H,9H2,(H,21,24)(H,26,27). The minimum atomic E-state index is -1.59. The molecule has 1 amide bonds. The topological polar surface area (TPSA) is 120 Å². The number of nitroso groups, excluding NO2 is 1. The van der Waals surface area contributed by atoms with Crippen LogP contribution in [0.4, 0.5) is 0 Å². The summed E-state index contributed by atoms with van der Waals surface area (Å²) in [7, 11) is 0. The summed E-state index contributed by atoms with van der Waals surface area (Å²) in [4.78, 5) is 50.3. The number of nitrogens with zero attached hydrogens (tertiary/aromatic N) is 2. The molecule has 1 atom stereocenters. The molecule has 3 rings (SSSR count). The Morgan fingerprint density at radius 3 is 2.46 bits per heavy atom. The van der Waals surface area contributed by atoms with E-state index in [2.05, 4.69) is 10.3 Å². The van der Waals surface area contributed by atoms with Crippen LogP contribution in [0.2, 0.25) is 5.02 Å². The van der Waals surface area contributed by atoms with Gasteiger partial charge < -0.3 is 10.1 Å². The number of rotatable bonds is 6. The smallest absolute Gasteiger partial charge is 0.329 e. The molecule has 0 bridgehead atoms. The maximum absolute atomic E-state index is 12.6.